The van der Waals surface area contributed by atoms with Crippen molar-refractivity contribution in [3.63, 3.8) is 0 Å². The van der Waals surface area contributed by atoms with E-state index in [-0.39, 0.29) is 69.4 Å². The Morgan fingerprint density at radius 1 is 0.852 bits per heavy atom. The number of carbonyl (C=O) groups excluding carboxylic acids is 6. The first-order valence-electron chi connectivity index (χ1n) is 6.77. The zero-order valence-electron chi connectivity index (χ0n) is 15.7. The maximum absolute atomic E-state index is 11.9. The van der Waals surface area contributed by atoms with Crippen LogP contribution in [0.25, 0.3) is 0 Å². The summed E-state index contributed by atoms with van der Waals surface area (Å²) in [6, 6.07) is -3.16. The van der Waals surface area contributed by atoms with Gasteiger partial charge in [0.05, 0.1) is 12.0 Å². The molecule has 0 aliphatic carbocycles. The van der Waals surface area contributed by atoms with E-state index in [9.17, 15) is 44.1 Å². The van der Waals surface area contributed by atoms with Crippen LogP contribution in [0.1, 0.15) is 32.6 Å². The molecule has 0 unspecified atom stereocenters. The molecule has 2 N–H and O–H groups in total. The van der Waals surface area contributed by atoms with Crippen molar-refractivity contribution >= 4 is 35.5 Å². The van der Waals surface area contributed by atoms with Crippen LogP contribution >= 0.6 is 0 Å². The van der Waals surface area contributed by atoms with Crippen LogP contribution < -0.4 is 82.5 Å². The van der Waals surface area contributed by atoms with E-state index >= 15 is 0 Å². The largest absolute Gasteiger partial charge is 1.00 e. The number of rotatable bonds is 11. The van der Waals surface area contributed by atoms with Crippen LogP contribution in [-0.4, -0.2) is 47.6 Å². The Balaban J connectivity index is -0.000000882. The molecule has 0 bridgehead atoms. The number of hydrogen-bond acceptors (Lipinski definition) is 9. The Morgan fingerprint density at radius 3 is 1.74 bits per heavy atom. The van der Waals surface area contributed by atoms with Crippen molar-refractivity contribution in [3.8, 4) is 0 Å². The van der Waals surface area contributed by atoms with E-state index in [1.54, 1.807) is 0 Å². The zero-order valence-corrected chi connectivity index (χ0v) is 15.7. The fourth-order valence-electron chi connectivity index (χ4n) is 1.71. The molecular formula is C13H15Li3N2O9. The molecule has 0 rings (SSSR count). The molecule has 0 aliphatic rings. The van der Waals surface area contributed by atoms with Gasteiger partial charge in [-0.3, -0.25) is 14.4 Å². The van der Waals surface area contributed by atoms with Crippen LogP contribution in [0.4, 0.5) is 0 Å². The summed E-state index contributed by atoms with van der Waals surface area (Å²) in [5.41, 5.74) is 0. The summed E-state index contributed by atoms with van der Waals surface area (Å²) in [6.07, 6.45) is -1.92. The first kappa shape index (κ1) is 33.4. The molecule has 0 aromatic carbocycles. The van der Waals surface area contributed by atoms with E-state index in [1.165, 1.54) is 0 Å². The van der Waals surface area contributed by atoms with Crippen molar-refractivity contribution in [2.24, 2.45) is 0 Å². The fraction of sp³-hybridized carbons (Fsp3) is 0.538. The van der Waals surface area contributed by atoms with Crippen LogP contribution in [0.5, 0.6) is 0 Å². The molecule has 2 amide bonds. The number of nitrogens with one attached hydrogen (secondary N) is 2. The number of ketones is 1. The smallest absolute Gasteiger partial charge is 0.550 e. The quantitative estimate of drug-likeness (QED) is 0.264. The molecule has 27 heavy (non-hydrogen) atoms. The standard InChI is InChI=1S/C13H18N2O9.3Li/c1-6(16)14-8(5-10(18)19)11(20)15-7(12(21)22)3-2-4-9(17)13(23)24;;;/h7-8H,2-5H2,1H3,(H,14,16)(H,15,20)(H,18,19)(H,21,22)(H,23,24);;;/q;3*+1/p-3/t7-,8-;;;/m0.../s1. The number of carboxylic acids is 3. The molecule has 14 heteroatoms. The molecule has 0 aromatic heterocycles. The number of carbonyl (C=O) groups is 6. The zero-order chi connectivity index (χ0) is 18.9. The SMILES string of the molecule is CC(=O)N[C@@H](CC(=O)[O-])C(=O)N[C@@H](CCCC(=O)C(=O)[O-])C(=O)[O-].[Li+].[Li+].[Li+]. The van der Waals surface area contributed by atoms with Crippen molar-refractivity contribution in [3.05, 3.63) is 0 Å². The molecular weight excluding hydrogens is 349 g/mol. The maximum atomic E-state index is 11.9. The van der Waals surface area contributed by atoms with Gasteiger partial charge in [-0.1, -0.05) is 0 Å². The van der Waals surface area contributed by atoms with Crippen molar-refractivity contribution in [2.45, 2.75) is 44.7 Å². The Hall–Kier alpha value is -1.19. The monoisotopic (exact) mass is 364 g/mol. The molecule has 0 heterocycles. The molecule has 0 saturated carbocycles. The summed E-state index contributed by atoms with van der Waals surface area (Å²) >= 11 is 0. The molecule has 11 nitrogen and oxygen atoms in total. The Bertz CT molecular complexity index is 541. The average Bonchev–Trinajstić information content (AvgIpc) is 2.43. The molecule has 0 spiro atoms. The van der Waals surface area contributed by atoms with Gasteiger partial charge in [0.1, 0.15) is 12.0 Å². The van der Waals surface area contributed by atoms with E-state index in [2.05, 4.69) is 0 Å². The van der Waals surface area contributed by atoms with Crippen LogP contribution in [0.15, 0.2) is 0 Å². The van der Waals surface area contributed by atoms with Crippen molar-refractivity contribution in [1.29, 1.82) is 0 Å². The minimum absolute atomic E-state index is 0. The predicted octanol–water partition coefficient (Wildman–Crippen LogP) is -14.6. The number of hydrogen-bond donors (Lipinski definition) is 2. The van der Waals surface area contributed by atoms with E-state index in [0.717, 1.165) is 6.92 Å². The van der Waals surface area contributed by atoms with Gasteiger partial charge in [-0.15, -0.1) is 0 Å². The summed E-state index contributed by atoms with van der Waals surface area (Å²) < 4.78 is 0. The van der Waals surface area contributed by atoms with E-state index in [1.807, 2.05) is 10.6 Å². The van der Waals surface area contributed by atoms with E-state index < -0.39 is 60.4 Å². The minimum atomic E-state index is -1.91. The number of aliphatic carboxylic acids is 3. The fourth-order valence-corrected chi connectivity index (χ4v) is 1.71. The first-order valence-corrected chi connectivity index (χ1v) is 6.77. The van der Waals surface area contributed by atoms with Crippen LogP contribution in [0, 0.1) is 0 Å². The van der Waals surface area contributed by atoms with Gasteiger partial charge < -0.3 is 40.3 Å². The van der Waals surface area contributed by atoms with Gasteiger partial charge in [-0.25, -0.2) is 0 Å². The van der Waals surface area contributed by atoms with Gasteiger partial charge in [-0.05, 0) is 12.8 Å². The molecule has 0 radical (unpaired) electrons. The normalized spacial score (nSPS) is 11.1. The second-order valence-corrected chi connectivity index (χ2v) is 4.81. The molecule has 2 atom stereocenters. The van der Waals surface area contributed by atoms with Crippen molar-refractivity contribution < 1.29 is 101 Å². The average molecular weight is 364 g/mol. The van der Waals surface area contributed by atoms with Gasteiger partial charge in [0.15, 0.2) is 5.78 Å². The number of Topliss-reactive ketones (excluding diaryl/α,β-unsaturated/α-hetero) is 1. The summed E-state index contributed by atoms with van der Waals surface area (Å²) in [4.78, 5) is 65.4. The van der Waals surface area contributed by atoms with Crippen molar-refractivity contribution in [1.82, 2.24) is 10.6 Å². The van der Waals surface area contributed by atoms with Crippen molar-refractivity contribution in [2.75, 3.05) is 0 Å². The first-order chi connectivity index (χ1) is 11.0. The third-order valence-corrected chi connectivity index (χ3v) is 2.79. The molecule has 0 aliphatic heterocycles. The maximum Gasteiger partial charge on any atom is 1.00 e. The summed E-state index contributed by atoms with van der Waals surface area (Å²) in [6.45, 7) is 1.03. The van der Waals surface area contributed by atoms with Gasteiger partial charge in [0.2, 0.25) is 11.8 Å². The predicted molar refractivity (Wildman–Crippen MR) is 68.0 cm³/mol. The van der Waals surface area contributed by atoms with Crippen LogP contribution in [-0.2, 0) is 28.8 Å². The summed E-state index contributed by atoms with van der Waals surface area (Å²) in [5, 5.41) is 35.7. The Labute approximate surface area is 190 Å². The van der Waals surface area contributed by atoms with Gasteiger partial charge in [0.25, 0.3) is 0 Å². The molecule has 0 aromatic rings. The second kappa shape index (κ2) is 16.9. The summed E-state index contributed by atoms with van der Waals surface area (Å²) in [7, 11) is 0. The van der Waals surface area contributed by atoms with Gasteiger partial charge in [-0.2, -0.15) is 0 Å². The molecule has 0 fully saturated rings. The molecule has 0 saturated heterocycles. The summed E-state index contributed by atoms with van der Waals surface area (Å²) in [5.74, 6) is -8.33. The Kier molecular flexibility index (Phi) is 21.0. The van der Waals surface area contributed by atoms with E-state index in [4.69, 9.17) is 0 Å². The number of amides is 2. The third-order valence-electron chi connectivity index (χ3n) is 2.79. The van der Waals surface area contributed by atoms with Crippen LogP contribution in [0.2, 0.25) is 0 Å². The van der Waals surface area contributed by atoms with Crippen LogP contribution in [0.3, 0.4) is 0 Å². The second-order valence-electron chi connectivity index (χ2n) is 4.81. The Morgan fingerprint density at radius 2 is 1.37 bits per heavy atom. The van der Waals surface area contributed by atoms with E-state index in [0.29, 0.717) is 0 Å². The minimum Gasteiger partial charge on any atom is -0.550 e. The van der Waals surface area contributed by atoms with Gasteiger partial charge in [0, 0.05) is 25.7 Å². The van der Waals surface area contributed by atoms with Gasteiger partial charge >= 0.3 is 56.6 Å². The topological polar surface area (TPSA) is 196 Å². The molecule has 134 valence electrons. The number of carboxylic acid groups (broad SMARTS) is 3. The third kappa shape index (κ3) is 15.6.